The molecule has 1 atom stereocenters. The molecule has 1 heterocycles. The smallest absolute Gasteiger partial charge is 0.260 e. The number of halogens is 3. The van der Waals surface area contributed by atoms with Crippen molar-refractivity contribution in [3.8, 4) is 0 Å². The molecule has 0 aromatic heterocycles. The lowest BCUT2D eigenvalue weighted by Crippen LogP contribution is -2.43. The molecule has 1 N–H and O–H groups in total. The van der Waals surface area contributed by atoms with Crippen LogP contribution in [-0.4, -0.2) is 36.0 Å². The number of carbonyl (C=O) groups is 1. The second kappa shape index (κ2) is 5.67. The molecule has 1 aliphatic carbocycles. The zero-order chi connectivity index (χ0) is 15.0. The zero-order valence-corrected chi connectivity index (χ0v) is 11.5. The molecule has 0 radical (unpaired) electrons. The van der Waals surface area contributed by atoms with E-state index in [1.807, 2.05) is 0 Å². The molecule has 1 aromatic carbocycles. The standard InChI is InChI=1S/C15H17F3N2O/c16-9-6-12(17)14(13(18)7-9)15(21)20(11-3-4-11)8-10-2-1-5-19-10/h6-7,10-11,19H,1-5,8H2. The Morgan fingerprint density at radius 1 is 1.19 bits per heavy atom. The van der Waals surface area contributed by atoms with Crippen molar-refractivity contribution >= 4 is 5.91 Å². The minimum atomic E-state index is -1.14. The van der Waals surface area contributed by atoms with E-state index in [0.29, 0.717) is 18.7 Å². The van der Waals surface area contributed by atoms with E-state index in [4.69, 9.17) is 0 Å². The van der Waals surface area contributed by atoms with Crippen LogP contribution in [0.1, 0.15) is 36.0 Å². The number of rotatable bonds is 4. The van der Waals surface area contributed by atoms with Gasteiger partial charge < -0.3 is 10.2 Å². The van der Waals surface area contributed by atoms with E-state index in [-0.39, 0.29) is 12.1 Å². The molecule has 21 heavy (non-hydrogen) atoms. The summed E-state index contributed by atoms with van der Waals surface area (Å²) >= 11 is 0. The second-order valence-electron chi connectivity index (χ2n) is 5.73. The first-order valence-electron chi connectivity index (χ1n) is 7.25. The topological polar surface area (TPSA) is 32.3 Å². The van der Waals surface area contributed by atoms with Gasteiger partial charge in [0.1, 0.15) is 23.0 Å². The monoisotopic (exact) mass is 298 g/mol. The summed E-state index contributed by atoms with van der Waals surface area (Å²) in [6, 6.07) is 1.31. The summed E-state index contributed by atoms with van der Waals surface area (Å²) in [6.45, 7) is 1.34. The van der Waals surface area contributed by atoms with Crippen LogP contribution in [0.5, 0.6) is 0 Å². The highest BCUT2D eigenvalue weighted by Gasteiger charge is 2.37. The average Bonchev–Trinajstić information content (AvgIpc) is 3.11. The van der Waals surface area contributed by atoms with Crippen LogP contribution in [0, 0.1) is 17.5 Å². The number of amides is 1. The third-order valence-electron chi connectivity index (χ3n) is 4.05. The summed E-state index contributed by atoms with van der Waals surface area (Å²) < 4.78 is 40.5. The quantitative estimate of drug-likeness (QED) is 0.926. The maximum atomic E-state index is 13.8. The Hall–Kier alpha value is -1.56. The summed E-state index contributed by atoms with van der Waals surface area (Å²) in [5, 5.41) is 3.27. The minimum absolute atomic E-state index is 0.0451. The molecular formula is C15H17F3N2O. The van der Waals surface area contributed by atoms with E-state index in [1.54, 1.807) is 0 Å². The van der Waals surface area contributed by atoms with Gasteiger partial charge in [0, 0.05) is 30.8 Å². The molecular weight excluding hydrogens is 281 g/mol. The van der Waals surface area contributed by atoms with Gasteiger partial charge in [0.15, 0.2) is 0 Å². The first-order valence-corrected chi connectivity index (χ1v) is 7.25. The Kier molecular flexibility index (Phi) is 3.89. The number of nitrogens with one attached hydrogen (secondary N) is 1. The van der Waals surface area contributed by atoms with Gasteiger partial charge in [-0.2, -0.15) is 0 Å². The van der Waals surface area contributed by atoms with Crippen LogP contribution < -0.4 is 5.32 Å². The van der Waals surface area contributed by atoms with E-state index in [9.17, 15) is 18.0 Å². The fraction of sp³-hybridized carbons (Fsp3) is 0.533. The van der Waals surface area contributed by atoms with Crippen LogP contribution in [0.4, 0.5) is 13.2 Å². The van der Waals surface area contributed by atoms with E-state index in [2.05, 4.69) is 5.32 Å². The van der Waals surface area contributed by atoms with Crippen molar-refractivity contribution in [1.29, 1.82) is 0 Å². The predicted molar refractivity (Wildman–Crippen MR) is 71.4 cm³/mol. The van der Waals surface area contributed by atoms with Crippen molar-refractivity contribution in [2.45, 2.75) is 37.8 Å². The Labute approximate surface area is 121 Å². The van der Waals surface area contributed by atoms with Crippen molar-refractivity contribution in [3.63, 3.8) is 0 Å². The Bertz CT molecular complexity index is 531. The number of nitrogens with zero attached hydrogens (tertiary/aromatic N) is 1. The predicted octanol–water partition coefficient (Wildman–Crippen LogP) is 2.46. The SMILES string of the molecule is O=C(c1c(F)cc(F)cc1F)N(CC1CCCN1)C1CC1. The van der Waals surface area contributed by atoms with E-state index in [1.165, 1.54) is 4.90 Å². The van der Waals surface area contributed by atoms with Crippen LogP contribution in [0.15, 0.2) is 12.1 Å². The number of hydrogen-bond donors (Lipinski definition) is 1. The van der Waals surface area contributed by atoms with Gasteiger partial charge in [-0.05, 0) is 32.2 Å². The zero-order valence-electron chi connectivity index (χ0n) is 11.5. The molecule has 114 valence electrons. The van der Waals surface area contributed by atoms with Crippen LogP contribution in [0.25, 0.3) is 0 Å². The molecule has 1 aromatic rings. The third-order valence-corrected chi connectivity index (χ3v) is 4.05. The van der Waals surface area contributed by atoms with Crippen molar-refractivity contribution in [2.24, 2.45) is 0 Å². The van der Waals surface area contributed by atoms with Gasteiger partial charge in [-0.25, -0.2) is 13.2 Å². The molecule has 3 rings (SSSR count). The minimum Gasteiger partial charge on any atom is -0.334 e. The third kappa shape index (κ3) is 3.05. The maximum absolute atomic E-state index is 13.8. The van der Waals surface area contributed by atoms with E-state index < -0.39 is 28.9 Å². The van der Waals surface area contributed by atoms with Crippen LogP contribution in [0.3, 0.4) is 0 Å². The first-order chi connectivity index (χ1) is 10.1. The van der Waals surface area contributed by atoms with Gasteiger partial charge in [-0.3, -0.25) is 4.79 Å². The van der Waals surface area contributed by atoms with Gasteiger partial charge in [0.2, 0.25) is 0 Å². The molecule has 1 unspecified atom stereocenters. The van der Waals surface area contributed by atoms with Gasteiger partial charge >= 0.3 is 0 Å². The highest BCUT2D eigenvalue weighted by Crippen LogP contribution is 2.30. The largest absolute Gasteiger partial charge is 0.334 e. The second-order valence-corrected chi connectivity index (χ2v) is 5.73. The summed E-state index contributed by atoms with van der Waals surface area (Å²) in [5.41, 5.74) is -0.652. The summed E-state index contributed by atoms with van der Waals surface area (Å²) in [5.74, 6) is -3.97. The van der Waals surface area contributed by atoms with Crippen LogP contribution in [0.2, 0.25) is 0 Å². The van der Waals surface area contributed by atoms with Gasteiger partial charge in [0.05, 0.1) is 0 Å². The Balaban J connectivity index is 1.83. The summed E-state index contributed by atoms with van der Waals surface area (Å²) in [6.07, 6.45) is 3.69. The maximum Gasteiger partial charge on any atom is 0.260 e. The molecule has 1 saturated carbocycles. The fourth-order valence-electron chi connectivity index (χ4n) is 2.82. The summed E-state index contributed by atoms with van der Waals surface area (Å²) in [7, 11) is 0. The van der Waals surface area contributed by atoms with Crippen molar-refractivity contribution in [3.05, 3.63) is 35.1 Å². The lowest BCUT2D eigenvalue weighted by Gasteiger charge is -2.26. The fourth-order valence-corrected chi connectivity index (χ4v) is 2.82. The van der Waals surface area contributed by atoms with Crippen molar-refractivity contribution < 1.29 is 18.0 Å². The molecule has 2 fully saturated rings. The molecule has 1 aliphatic heterocycles. The Morgan fingerprint density at radius 2 is 1.86 bits per heavy atom. The molecule has 2 aliphatic rings. The summed E-state index contributed by atoms with van der Waals surface area (Å²) in [4.78, 5) is 14.0. The number of benzene rings is 1. The number of carbonyl (C=O) groups excluding carboxylic acids is 1. The first kappa shape index (κ1) is 14.4. The van der Waals surface area contributed by atoms with Gasteiger partial charge in [-0.15, -0.1) is 0 Å². The molecule has 6 heteroatoms. The molecule has 0 spiro atoms. The van der Waals surface area contributed by atoms with Crippen molar-refractivity contribution in [2.75, 3.05) is 13.1 Å². The number of hydrogen-bond acceptors (Lipinski definition) is 2. The van der Waals surface area contributed by atoms with Crippen LogP contribution in [-0.2, 0) is 0 Å². The van der Waals surface area contributed by atoms with E-state index in [0.717, 1.165) is 32.2 Å². The Morgan fingerprint density at radius 3 is 2.38 bits per heavy atom. The highest BCUT2D eigenvalue weighted by molar-refractivity contribution is 5.95. The van der Waals surface area contributed by atoms with E-state index >= 15 is 0 Å². The van der Waals surface area contributed by atoms with Gasteiger partial charge in [-0.1, -0.05) is 0 Å². The van der Waals surface area contributed by atoms with Crippen LogP contribution >= 0.6 is 0 Å². The lowest BCUT2D eigenvalue weighted by molar-refractivity contribution is 0.0718. The lowest BCUT2D eigenvalue weighted by atomic mass is 10.1. The molecule has 3 nitrogen and oxygen atoms in total. The molecule has 1 amide bonds. The average molecular weight is 298 g/mol. The molecule has 1 saturated heterocycles. The highest BCUT2D eigenvalue weighted by atomic mass is 19.1. The normalized spacial score (nSPS) is 21.6. The van der Waals surface area contributed by atoms with Crippen molar-refractivity contribution in [1.82, 2.24) is 10.2 Å². The molecule has 0 bridgehead atoms. The van der Waals surface area contributed by atoms with Gasteiger partial charge in [0.25, 0.3) is 5.91 Å².